The van der Waals surface area contributed by atoms with Crippen LogP contribution in [0.25, 0.3) is 0 Å². The van der Waals surface area contributed by atoms with Gasteiger partial charge >= 0.3 is 0 Å². The van der Waals surface area contributed by atoms with Crippen LogP contribution in [0.5, 0.6) is 0 Å². The molecule has 0 aliphatic heterocycles. The third kappa shape index (κ3) is 3.33. The van der Waals surface area contributed by atoms with E-state index in [4.69, 9.17) is 0 Å². The van der Waals surface area contributed by atoms with Crippen molar-refractivity contribution in [2.75, 3.05) is 5.75 Å². The molecular formula is C12H13NOS2. The van der Waals surface area contributed by atoms with Gasteiger partial charge in [0.05, 0.1) is 11.1 Å². The van der Waals surface area contributed by atoms with Gasteiger partial charge < -0.3 is 5.11 Å². The molecule has 0 radical (unpaired) electrons. The monoisotopic (exact) mass is 251 g/mol. The lowest BCUT2D eigenvalue weighted by molar-refractivity contribution is 0.179. The molecule has 1 N–H and O–H groups in total. The van der Waals surface area contributed by atoms with Crippen LogP contribution in [0.15, 0.2) is 46.9 Å². The summed E-state index contributed by atoms with van der Waals surface area (Å²) < 4.78 is 0. The van der Waals surface area contributed by atoms with Crippen molar-refractivity contribution in [3.63, 3.8) is 0 Å². The molecule has 0 unspecified atom stereocenters. The van der Waals surface area contributed by atoms with Gasteiger partial charge in [0, 0.05) is 16.8 Å². The van der Waals surface area contributed by atoms with Crippen molar-refractivity contribution in [2.45, 2.75) is 17.6 Å². The van der Waals surface area contributed by atoms with Crippen molar-refractivity contribution in [1.29, 1.82) is 0 Å². The maximum Gasteiger partial charge on any atom is 0.0959 e. The Morgan fingerprint density at radius 2 is 2.25 bits per heavy atom. The van der Waals surface area contributed by atoms with Gasteiger partial charge in [-0.05, 0) is 30.0 Å². The van der Waals surface area contributed by atoms with Gasteiger partial charge in [-0.1, -0.05) is 12.1 Å². The van der Waals surface area contributed by atoms with E-state index in [1.807, 2.05) is 35.7 Å². The van der Waals surface area contributed by atoms with E-state index in [1.54, 1.807) is 29.3 Å². The number of thioether (sulfide) groups is 1. The van der Waals surface area contributed by atoms with Crippen LogP contribution in [-0.2, 0) is 0 Å². The van der Waals surface area contributed by atoms with E-state index in [0.717, 1.165) is 22.1 Å². The number of pyridine rings is 1. The molecule has 0 aliphatic carbocycles. The van der Waals surface area contributed by atoms with E-state index in [0.29, 0.717) is 0 Å². The second-order valence-electron chi connectivity index (χ2n) is 3.34. The van der Waals surface area contributed by atoms with Gasteiger partial charge in [-0.25, -0.2) is 4.98 Å². The van der Waals surface area contributed by atoms with E-state index in [9.17, 15) is 5.11 Å². The molecular weight excluding hydrogens is 238 g/mol. The molecule has 0 aromatic carbocycles. The first-order valence-corrected chi connectivity index (χ1v) is 6.98. The number of aliphatic hydroxyl groups is 1. The van der Waals surface area contributed by atoms with Gasteiger partial charge in [-0.2, -0.15) is 0 Å². The van der Waals surface area contributed by atoms with Gasteiger partial charge in [0.25, 0.3) is 0 Å². The lowest BCUT2D eigenvalue weighted by Gasteiger charge is -2.07. The number of hydrogen-bond donors (Lipinski definition) is 1. The van der Waals surface area contributed by atoms with Crippen molar-refractivity contribution >= 4 is 23.1 Å². The summed E-state index contributed by atoms with van der Waals surface area (Å²) in [6, 6.07) is 9.81. The number of aromatic nitrogens is 1. The summed E-state index contributed by atoms with van der Waals surface area (Å²) in [5, 5.41) is 12.9. The van der Waals surface area contributed by atoms with Gasteiger partial charge in [0.15, 0.2) is 0 Å². The number of aliphatic hydroxyl groups excluding tert-OH is 1. The molecule has 2 aromatic heterocycles. The minimum atomic E-state index is -0.337. The Morgan fingerprint density at radius 1 is 1.31 bits per heavy atom. The summed E-state index contributed by atoms with van der Waals surface area (Å²) in [7, 11) is 0. The summed E-state index contributed by atoms with van der Waals surface area (Å²) in [5.74, 6) is 0.885. The molecule has 2 heterocycles. The normalized spacial score (nSPS) is 12.6. The topological polar surface area (TPSA) is 33.1 Å². The highest BCUT2D eigenvalue weighted by Crippen LogP contribution is 2.25. The minimum absolute atomic E-state index is 0.337. The van der Waals surface area contributed by atoms with Crippen LogP contribution in [0, 0.1) is 0 Å². The number of thiophene rings is 1. The summed E-state index contributed by atoms with van der Waals surface area (Å²) in [6.07, 6.45) is 2.22. The molecule has 0 fully saturated rings. The Bertz CT molecular complexity index is 402. The molecule has 0 aliphatic rings. The van der Waals surface area contributed by atoms with E-state index < -0.39 is 0 Å². The fourth-order valence-corrected chi connectivity index (χ4v) is 2.94. The Balaban J connectivity index is 1.76. The number of hydrogen-bond acceptors (Lipinski definition) is 4. The number of rotatable bonds is 5. The average molecular weight is 251 g/mol. The van der Waals surface area contributed by atoms with Gasteiger partial charge in [0.1, 0.15) is 0 Å². The van der Waals surface area contributed by atoms with E-state index in [2.05, 4.69) is 4.98 Å². The summed E-state index contributed by atoms with van der Waals surface area (Å²) in [4.78, 5) is 5.27. The molecule has 0 bridgehead atoms. The van der Waals surface area contributed by atoms with Crippen LogP contribution >= 0.6 is 23.1 Å². The lowest BCUT2D eigenvalue weighted by Crippen LogP contribution is -1.96. The summed E-state index contributed by atoms with van der Waals surface area (Å²) >= 11 is 3.28. The van der Waals surface area contributed by atoms with Crippen LogP contribution in [0.1, 0.15) is 17.4 Å². The van der Waals surface area contributed by atoms with Crippen LogP contribution in [0.4, 0.5) is 0 Å². The van der Waals surface area contributed by atoms with Crippen molar-refractivity contribution in [1.82, 2.24) is 4.98 Å². The second-order valence-corrected chi connectivity index (χ2v) is 5.43. The predicted octanol–water partition coefficient (Wildman–Crippen LogP) is 3.36. The standard InChI is InChI=1S/C12H13NOS2/c14-10(11-4-3-8-15-11)6-9-16-12-5-1-2-7-13-12/h1-5,7-8,10,14H,6,9H2/t10-/m0/s1. The van der Waals surface area contributed by atoms with Crippen molar-refractivity contribution in [3.8, 4) is 0 Å². The quantitative estimate of drug-likeness (QED) is 0.827. The van der Waals surface area contributed by atoms with Crippen molar-refractivity contribution < 1.29 is 5.11 Å². The highest BCUT2D eigenvalue weighted by atomic mass is 32.2. The zero-order chi connectivity index (χ0) is 11.2. The molecule has 84 valence electrons. The van der Waals surface area contributed by atoms with Crippen molar-refractivity contribution in [3.05, 3.63) is 46.8 Å². The first kappa shape index (κ1) is 11.6. The highest BCUT2D eigenvalue weighted by Gasteiger charge is 2.08. The maximum atomic E-state index is 9.86. The second kappa shape index (κ2) is 6.03. The third-order valence-corrected chi connectivity index (χ3v) is 4.10. The van der Waals surface area contributed by atoms with Crippen LogP contribution in [0.2, 0.25) is 0 Å². The van der Waals surface area contributed by atoms with E-state index >= 15 is 0 Å². The molecule has 16 heavy (non-hydrogen) atoms. The Hall–Kier alpha value is -0.840. The Kier molecular flexibility index (Phi) is 4.39. The first-order chi connectivity index (χ1) is 7.86. The van der Waals surface area contributed by atoms with Crippen LogP contribution < -0.4 is 0 Å². The number of nitrogens with zero attached hydrogens (tertiary/aromatic N) is 1. The molecule has 0 saturated heterocycles. The molecule has 2 aromatic rings. The predicted molar refractivity (Wildman–Crippen MR) is 68.9 cm³/mol. The highest BCUT2D eigenvalue weighted by molar-refractivity contribution is 7.99. The van der Waals surface area contributed by atoms with Crippen molar-refractivity contribution in [2.24, 2.45) is 0 Å². The molecule has 2 rings (SSSR count). The average Bonchev–Trinajstić information content (AvgIpc) is 2.84. The van der Waals surface area contributed by atoms with Gasteiger partial charge in [-0.15, -0.1) is 23.1 Å². The summed E-state index contributed by atoms with van der Waals surface area (Å²) in [5.41, 5.74) is 0. The Morgan fingerprint density at radius 3 is 2.94 bits per heavy atom. The van der Waals surface area contributed by atoms with E-state index in [-0.39, 0.29) is 6.10 Å². The fourth-order valence-electron chi connectivity index (χ4n) is 1.33. The fraction of sp³-hybridized carbons (Fsp3) is 0.250. The molecule has 2 nitrogen and oxygen atoms in total. The summed E-state index contributed by atoms with van der Waals surface area (Å²) in [6.45, 7) is 0. The van der Waals surface area contributed by atoms with Gasteiger partial charge in [-0.3, -0.25) is 0 Å². The molecule has 1 atom stereocenters. The molecule has 0 amide bonds. The first-order valence-electron chi connectivity index (χ1n) is 5.11. The molecule has 4 heteroatoms. The molecule has 0 saturated carbocycles. The van der Waals surface area contributed by atoms with Gasteiger partial charge in [0.2, 0.25) is 0 Å². The zero-order valence-corrected chi connectivity index (χ0v) is 10.4. The van der Waals surface area contributed by atoms with E-state index in [1.165, 1.54) is 0 Å². The van der Waals surface area contributed by atoms with Crippen LogP contribution in [-0.4, -0.2) is 15.8 Å². The maximum absolute atomic E-state index is 9.86. The minimum Gasteiger partial charge on any atom is -0.388 e. The zero-order valence-electron chi connectivity index (χ0n) is 8.74. The third-order valence-electron chi connectivity index (χ3n) is 2.15. The largest absolute Gasteiger partial charge is 0.388 e. The van der Waals surface area contributed by atoms with Crippen LogP contribution in [0.3, 0.4) is 0 Å². The molecule has 0 spiro atoms. The smallest absolute Gasteiger partial charge is 0.0959 e. The lowest BCUT2D eigenvalue weighted by atomic mass is 10.2. The Labute approximate surface area is 103 Å². The SMILES string of the molecule is O[C@@H](CCSc1ccccn1)c1cccs1.